The van der Waals surface area contributed by atoms with E-state index >= 15 is 0 Å². The third-order valence-corrected chi connectivity index (χ3v) is 4.44. The van der Waals surface area contributed by atoms with Gasteiger partial charge in [0.1, 0.15) is 0 Å². The Bertz CT molecular complexity index is 851. The highest BCUT2D eigenvalue weighted by Crippen LogP contribution is 2.36. The Labute approximate surface area is 148 Å². The largest absolute Gasteiger partial charge is 0.388 e. The normalized spacial score (nSPS) is 13.3. The van der Waals surface area contributed by atoms with Crippen molar-refractivity contribution in [2.75, 3.05) is 51.9 Å². The Morgan fingerprint density at radius 3 is 1.88 bits per heavy atom. The maximum atomic E-state index is 13.1. The third-order valence-electron chi connectivity index (χ3n) is 4.44. The predicted molar refractivity (Wildman–Crippen MR) is 101 cm³/mol. The lowest BCUT2D eigenvalue weighted by Gasteiger charge is -2.26. The number of carbonyl (C=O) groups is 2. The summed E-state index contributed by atoms with van der Waals surface area (Å²) in [5, 5.41) is 6.39. The first kappa shape index (κ1) is 17.2. The smallest absolute Gasteiger partial charge is 0.196 e. The zero-order chi connectivity index (χ0) is 18.2. The van der Waals surface area contributed by atoms with Gasteiger partial charge in [0.15, 0.2) is 11.6 Å². The zero-order valence-electron chi connectivity index (χ0n) is 15.1. The van der Waals surface area contributed by atoms with Crippen LogP contribution in [0.5, 0.6) is 0 Å². The molecule has 0 atom stereocenters. The molecule has 0 saturated carbocycles. The fraction of sp³-hybridized carbons (Fsp3) is 0.300. The summed E-state index contributed by atoms with van der Waals surface area (Å²) in [5.41, 5.74) is 3.27. The molecule has 0 spiro atoms. The molecule has 0 aliphatic heterocycles. The number of hydrogen-bond donors (Lipinski definition) is 2. The first-order valence-corrected chi connectivity index (χ1v) is 8.41. The van der Waals surface area contributed by atoms with E-state index in [0.717, 1.165) is 23.3 Å². The second-order valence-electron chi connectivity index (χ2n) is 7.31. The molecule has 0 saturated heterocycles. The lowest BCUT2D eigenvalue weighted by Crippen LogP contribution is -2.38. The van der Waals surface area contributed by atoms with Crippen molar-refractivity contribution in [2.45, 2.75) is 0 Å². The molecule has 0 amide bonds. The maximum absolute atomic E-state index is 13.1. The number of anilines is 2. The van der Waals surface area contributed by atoms with Gasteiger partial charge < -0.3 is 15.1 Å². The number of nitrogens with zero attached hydrogens (tertiary/aromatic N) is 1. The van der Waals surface area contributed by atoms with Crippen molar-refractivity contribution >= 4 is 22.9 Å². The van der Waals surface area contributed by atoms with Gasteiger partial charge in [-0.15, -0.1) is 0 Å². The van der Waals surface area contributed by atoms with Crippen LogP contribution in [0.2, 0.25) is 0 Å². The number of ketones is 2. The predicted octanol–water partition coefficient (Wildman–Crippen LogP) is 2.62. The summed E-state index contributed by atoms with van der Waals surface area (Å²) in [6.45, 7) is 1.62. The molecule has 0 unspecified atom stereocenters. The number of hydrogen-bond acceptors (Lipinski definition) is 4. The van der Waals surface area contributed by atoms with Crippen molar-refractivity contribution in [3.8, 4) is 0 Å². The van der Waals surface area contributed by atoms with E-state index in [-0.39, 0.29) is 11.6 Å². The summed E-state index contributed by atoms with van der Waals surface area (Å²) in [7, 11) is 8.11. The molecule has 2 N–H and O–H groups in total. The van der Waals surface area contributed by atoms with Gasteiger partial charge in [-0.3, -0.25) is 9.59 Å². The first-order chi connectivity index (χ1) is 11.8. The van der Waals surface area contributed by atoms with Crippen LogP contribution in [0.25, 0.3) is 0 Å². The summed E-state index contributed by atoms with van der Waals surface area (Å²) in [6, 6.07) is 10.7. The van der Waals surface area contributed by atoms with Gasteiger partial charge in [-0.05, 0) is 12.1 Å². The molecule has 1 aliphatic carbocycles. The molecule has 5 nitrogen and oxygen atoms in total. The minimum absolute atomic E-state index is 0.102. The van der Waals surface area contributed by atoms with Crippen molar-refractivity contribution in [1.82, 2.24) is 0 Å². The van der Waals surface area contributed by atoms with E-state index in [9.17, 15) is 9.59 Å². The Kier molecular flexibility index (Phi) is 4.35. The SMILES string of the molecule is CNc1ccc(NCC[N+](C)(C)C)c2c1C(=O)c1ccccc1C2=O. The minimum Gasteiger partial charge on any atom is -0.388 e. The van der Waals surface area contributed by atoms with Gasteiger partial charge in [0.25, 0.3) is 0 Å². The molecule has 0 radical (unpaired) electrons. The number of carbonyl (C=O) groups excluding carboxylic acids is 2. The quantitative estimate of drug-likeness (QED) is 0.702. The molecule has 3 rings (SSSR count). The van der Waals surface area contributed by atoms with Crippen LogP contribution in [0.15, 0.2) is 36.4 Å². The highest BCUT2D eigenvalue weighted by atomic mass is 16.1. The first-order valence-electron chi connectivity index (χ1n) is 8.41. The number of rotatable bonds is 5. The molecular formula is C20H24N3O2+. The fourth-order valence-corrected chi connectivity index (χ4v) is 3.10. The Morgan fingerprint density at radius 2 is 1.36 bits per heavy atom. The Hall–Kier alpha value is -2.66. The molecule has 2 aromatic carbocycles. The Morgan fingerprint density at radius 1 is 0.840 bits per heavy atom. The van der Waals surface area contributed by atoms with Crippen molar-refractivity contribution in [3.05, 3.63) is 58.7 Å². The lowest BCUT2D eigenvalue weighted by atomic mass is 9.82. The average Bonchev–Trinajstić information content (AvgIpc) is 2.58. The molecule has 1 aliphatic rings. The monoisotopic (exact) mass is 338 g/mol. The van der Waals surface area contributed by atoms with E-state index in [4.69, 9.17) is 0 Å². The lowest BCUT2D eigenvalue weighted by molar-refractivity contribution is -0.868. The van der Waals surface area contributed by atoms with Gasteiger partial charge in [0.2, 0.25) is 0 Å². The standard InChI is InChI=1S/C20H23N3O2/c1-21-15-9-10-16(22-11-12-23(2,3)4)18-17(15)19(24)13-7-5-6-8-14(13)20(18)25/h5-10H,11-12H2,1-4H3,(H-,21,22,24,25)/p+1. The number of likely N-dealkylation sites (N-methyl/N-ethyl adjacent to an activating group) is 1. The molecule has 5 heteroatoms. The molecule has 2 aromatic rings. The molecule has 0 fully saturated rings. The number of nitrogens with one attached hydrogen (secondary N) is 2. The van der Waals surface area contributed by atoms with E-state index in [1.54, 1.807) is 31.3 Å². The van der Waals surface area contributed by atoms with Crippen LogP contribution >= 0.6 is 0 Å². The van der Waals surface area contributed by atoms with E-state index < -0.39 is 0 Å². The zero-order valence-corrected chi connectivity index (χ0v) is 15.1. The van der Waals surface area contributed by atoms with Crippen LogP contribution in [0.1, 0.15) is 31.8 Å². The molecule has 0 bridgehead atoms. The van der Waals surface area contributed by atoms with Crippen molar-refractivity contribution in [1.29, 1.82) is 0 Å². The van der Waals surface area contributed by atoms with Crippen LogP contribution in [0.4, 0.5) is 11.4 Å². The van der Waals surface area contributed by atoms with Crippen molar-refractivity contribution < 1.29 is 14.1 Å². The van der Waals surface area contributed by atoms with Gasteiger partial charge in [0, 0.05) is 29.5 Å². The van der Waals surface area contributed by atoms with Crippen LogP contribution in [0.3, 0.4) is 0 Å². The average molecular weight is 338 g/mol. The van der Waals surface area contributed by atoms with Gasteiger partial charge in [-0.1, -0.05) is 24.3 Å². The van der Waals surface area contributed by atoms with E-state index in [2.05, 4.69) is 31.8 Å². The highest BCUT2D eigenvalue weighted by molar-refractivity contribution is 6.31. The third kappa shape index (κ3) is 3.15. The van der Waals surface area contributed by atoms with Crippen LogP contribution in [0, 0.1) is 0 Å². The molecule has 0 aromatic heterocycles. The number of quaternary nitrogens is 1. The van der Waals surface area contributed by atoms with Gasteiger partial charge in [-0.2, -0.15) is 0 Å². The van der Waals surface area contributed by atoms with Gasteiger partial charge in [-0.25, -0.2) is 0 Å². The van der Waals surface area contributed by atoms with E-state index in [1.807, 2.05) is 12.1 Å². The maximum Gasteiger partial charge on any atom is 0.196 e. The summed E-state index contributed by atoms with van der Waals surface area (Å²) < 4.78 is 0.819. The van der Waals surface area contributed by atoms with E-state index in [1.165, 1.54) is 0 Å². The fourth-order valence-electron chi connectivity index (χ4n) is 3.10. The summed E-state index contributed by atoms with van der Waals surface area (Å²) in [5.74, 6) is -0.208. The topological polar surface area (TPSA) is 58.2 Å². The second kappa shape index (κ2) is 6.33. The molecular weight excluding hydrogens is 314 g/mol. The van der Waals surface area contributed by atoms with Gasteiger partial charge in [0.05, 0.1) is 45.4 Å². The molecule has 130 valence electrons. The summed E-state index contributed by atoms with van der Waals surface area (Å²) >= 11 is 0. The van der Waals surface area contributed by atoms with Crippen LogP contribution < -0.4 is 10.6 Å². The van der Waals surface area contributed by atoms with Crippen molar-refractivity contribution in [2.24, 2.45) is 0 Å². The summed E-state index contributed by atoms with van der Waals surface area (Å²) in [6.07, 6.45) is 0. The van der Waals surface area contributed by atoms with Crippen LogP contribution in [-0.2, 0) is 0 Å². The number of benzene rings is 2. The highest BCUT2D eigenvalue weighted by Gasteiger charge is 2.33. The Balaban J connectivity index is 2.07. The van der Waals surface area contributed by atoms with E-state index in [0.29, 0.717) is 27.9 Å². The van der Waals surface area contributed by atoms with Gasteiger partial charge >= 0.3 is 0 Å². The van der Waals surface area contributed by atoms with Crippen LogP contribution in [-0.4, -0.2) is 57.3 Å². The molecule has 0 heterocycles. The minimum atomic E-state index is -0.107. The second-order valence-corrected chi connectivity index (χ2v) is 7.31. The number of fused-ring (bicyclic) bond motifs is 2. The summed E-state index contributed by atoms with van der Waals surface area (Å²) in [4.78, 5) is 26.1. The molecule has 25 heavy (non-hydrogen) atoms. The van der Waals surface area contributed by atoms with Crippen molar-refractivity contribution in [3.63, 3.8) is 0 Å².